The van der Waals surface area contributed by atoms with Crippen LogP contribution in [0.5, 0.6) is 0 Å². The molecule has 0 aliphatic carbocycles. The van der Waals surface area contributed by atoms with Gasteiger partial charge in [-0.2, -0.15) is 5.10 Å². The summed E-state index contributed by atoms with van der Waals surface area (Å²) in [6, 6.07) is -0.0929. The van der Waals surface area contributed by atoms with Crippen molar-refractivity contribution in [1.82, 2.24) is 30.0 Å². The van der Waals surface area contributed by atoms with Gasteiger partial charge in [0.2, 0.25) is 11.8 Å². The van der Waals surface area contributed by atoms with Gasteiger partial charge in [0.25, 0.3) is 0 Å². The molecule has 8 nitrogen and oxygen atoms in total. The molecule has 0 radical (unpaired) electrons. The Morgan fingerprint density at radius 1 is 1.31 bits per heavy atom. The standard InChI is InChI=1S/C18H24N6O2/c1-12-7-21-23(10-12)11-17(26)24-6-4-5-16(24)18-15(9-20-14(3)25)8-19-13(2)22-18/h7-8,10,16H,4-6,9,11H2,1-3H3,(H,20,25)/t16-/m0/s1. The third-order valence-corrected chi connectivity index (χ3v) is 4.49. The number of amides is 2. The van der Waals surface area contributed by atoms with E-state index in [-0.39, 0.29) is 24.4 Å². The average molecular weight is 356 g/mol. The van der Waals surface area contributed by atoms with Gasteiger partial charge in [0.1, 0.15) is 12.4 Å². The van der Waals surface area contributed by atoms with Gasteiger partial charge in [-0.25, -0.2) is 9.97 Å². The number of hydrogen-bond donors (Lipinski definition) is 1. The molecule has 8 heteroatoms. The zero-order valence-electron chi connectivity index (χ0n) is 15.4. The molecule has 26 heavy (non-hydrogen) atoms. The molecular weight excluding hydrogens is 332 g/mol. The lowest BCUT2D eigenvalue weighted by atomic mass is 10.1. The van der Waals surface area contributed by atoms with Crippen molar-refractivity contribution in [2.24, 2.45) is 0 Å². The van der Waals surface area contributed by atoms with E-state index in [0.717, 1.165) is 29.7 Å². The van der Waals surface area contributed by atoms with Crippen LogP contribution < -0.4 is 5.32 Å². The number of carbonyl (C=O) groups is 2. The summed E-state index contributed by atoms with van der Waals surface area (Å²) in [5.74, 6) is 0.579. The maximum Gasteiger partial charge on any atom is 0.244 e. The van der Waals surface area contributed by atoms with Gasteiger partial charge < -0.3 is 10.2 Å². The van der Waals surface area contributed by atoms with Crippen molar-refractivity contribution >= 4 is 11.8 Å². The van der Waals surface area contributed by atoms with E-state index in [2.05, 4.69) is 20.4 Å². The van der Waals surface area contributed by atoms with E-state index in [0.29, 0.717) is 18.9 Å². The Bertz CT molecular complexity index is 816. The second-order valence-corrected chi connectivity index (χ2v) is 6.70. The molecule has 2 aromatic rings. The van der Waals surface area contributed by atoms with Crippen LogP contribution in [0.2, 0.25) is 0 Å². The Morgan fingerprint density at radius 3 is 2.81 bits per heavy atom. The Labute approximate surface area is 152 Å². The number of aromatic nitrogens is 4. The third-order valence-electron chi connectivity index (χ3n) is 4.49. The molecule has 3 heterocycles. The number of carbonyl (C=O) groups excluding carboxylic acids is 2. The van der Waals surface area contributed by atoms with Gasteiger partial charge in [0.15, 0.2) is 0 Å². The number of aryl methyl sites for hydroxylation is 2. The van der Waals surface area contributed by atoms with Gasteiger partial charge in [-0.3, -0.25) is 14.3 Å². The minimum atomic E-state index is -0.107. The molecule has 1 aliphatic rings. The summed E-state index contributed by atoms with van der Waals surface area (Å²) in [7, 11) is 0. The van der Waals surface area contributed by atoms with E-state index in [1.165, 1.54) is 6.92 Å². The highest BCUT2D eigenvalue weighted by Crippen LogP contribution is 2.32. The van der Waals surface area contributed by atoms with Gasteiger partial charge >= 0.3 is 0 Å². The first-order valence-electron chi connectivity index (χ1n) is 8.79. The van der Waals surface area contributed by atoms with E-state index < -0.39 is 0 Å². The van der Waals surface area contributed by atoms with E-state index in [9.17, 15) is 9.59 Å². The molecule has 3 rings (SSSR count). The quantitative estimate of drug-likeness (QED) is 0.871. The second kappa shape index (κ2) is 7.63. The van der Waals surface area contributed by atoms with Crippen LogP contribution in [-0.4, -0.2) is 43.0 Å². The first-order chi connectivity index (χ1) is 12.4. The van der Waals surface area contributed by atoms with Crippen LogP contribution in [-0.2, 0) is 22.7 Å². The number of nitrogens with zero attached hydrogens (tertiary/aromatic N) is 5. The van der Waals surface area contributed by atoms with Crippen molar-refractivity contribution < 1.29 is 9.59 Å². The highest BCUT2D eigenvalue weighted by Gasteiger charge is 2.32. The Hall–Kier alpha value is -2.77. The predicted molar refractivity (Wildman–Crippen MR) is 94.9 cm³/mol. The molecule has 2 amide bonds. The molecule has 2 aromatic heterocycles. The monoisotopic (exact) mass is 356 g/mol. The maximum atomic E-state index is 12.8. The number of likely N-dealkylation sites (tertiary alicyclic amines) is 1. The molecule has 0 bridgehead atoms. The zero-order chi connectivity index (χ0) is 18.7. The van der Waals surface area contributed by atoms with Crippen molar-refractivity contribution in [3.63, 3.8) is 0 Å². The van der Waals surface area contributed by atoms with Crippen LogP contribution in [0.3, 0.4) is 0 Å². The van der Waals surface area contributed by atoms with Crippen LogP contribution in [0.1, 0.15) is 48.5 Å². The summed E-state index contributed by atoms with van der Waals surface area (Å²) in [6.07, 6.45) is 7.13. The molecule has 1 fully saturated rings. The normalized spacial score (nSPS) is 16.7. The summed E-state index contributed by atoms with van der Waals surface area (Å²) < 4.78 is 1.66. The molecule has 0 saturated carbocycles. The second-order valence-electron chi connectivity index (χ2n) is 6.70. The fourth-order valence-electron chi connectivity index (χ4n) is 3.29. The topological polar surface area (TPSA) is 93.0 Å². The lowest BCUT2D eigenvalue weighted by Gasteiger charge is -2.26. The smallest absolute Gasteiger partial charge is 0.244 e. The number of hydrogen-bond acceptors (Lipinski definition) is 5. The molecule has 1 aliphatic heterocycles. The fourth-order valence-corrected chi connectivity index (χ4v) is 3.29. The Kier molecular flexibility index (Phi) is 5.29. The summed E-state index contributed by atoms with van der Waals surface area (Å²) in [5.41, 5.74) is 2.71. The van der Waals surface area contributed by atoms with Crippen LogP contribution in [0.25, 0.3) is 0 Å². The van der Waals surface area contributed by atoms with Crippen molar-refractivity contribution in [3.8, 4) is 0 Å². The fraction of sp³-hybridized carbons (Fsp3) is 0.500. The molecule has 138 valence electrons. The lowest BCUT2D eigenvalue weighted by molar-refractivity contribution is -0.133. The van der Waals surface area contributed by atoms with Gasteiger partial charge in [-0.15, -0.1) is 0 Å². The third kappa shape index (κ3) is 4.07. The molecule has 0 unspecified atom stereocenters. The van der Waals surface area contributed by atoms with Gasteiger partial charge in [0.05, 0.1) is 17.9 Å². The van der Waals surface area contributed by atoms with E-state index >= 15 is 0 Å². The summed E-state index contributed by atoms with van der Waals surface area (Å²) in [4.78, 5) is 34.8. The highest BCUT2D eigenvalue weighted by atomic mass is 16.2. The minimum Gasteiger partial charge on any atom is -0.352 e. The number of nitrogens with one attached hydrogen (secondary N) is 1. The highest BCUT2D eigenvalue weighted by molar-refractivity contribution is 5.77. The SMILES string of the molecule is CC(=O)NCc1cnc(C)nc1[C@@H]1CCCN1C(=O)Cn1cc(C)cn1. The molecule has 1 saturated heterocycles. The molecule has 1 atom stereocenters. The predicted octanol–water partition coefficient (Wildman–Crippen LogP) is 1.29. The van der Waals surface area contributed by atoms with Crippen molar-refractivity contribution in [2.45, 2.75) is 52.7 Å². The summed E-state index contributed by atoms with van der Waals surface area (Å²) in [6.45, 7) is 6.54. The van der Waals surface area contributed by atoms with E-state index in [1.807, 2.05) is 24.9 Å². The Morgan fingerprint density at radius 2 is 2.12 bits per heavy atom. The van der Waals surface area contributed by atoms with E-state index in [4.69, 9.17) is 0 Å². The first kappa shape index (κ1) is 18.0. The largest absolute Gasteiger partial charge is 0.352 e. The van der Waals surface area contributed by atoms with E-state index in [1.54, 1.807) is 17.1 Å². The summed E-state index contributed by atoms with van der Waals surface area (Å²) >= 11 is 0. The first-order valence-corrected chi connectivity index (χ1v) is 8.79. The maximum absolute atomic E-state index is 12.8. The molecule has 0 spiro atoms. The van der Waals surface area contributed by atoms with Crippen molar-refractivity contribution in [1.29, 1.82) is 0 Å². The van der Waals surface area contributed by atoms with Gasteiger partial charge in [-0.05, 0) is 32.3 Å². The van der Waals surface area contributed by atoms with Crippen LogP contribution >= 0.6 is 0 Å². The van der Waals surface area contributed by atoms with Crippen LogP contribution in [0.4, 0.5) is 0 Å². The Balaban J connectivity index is 1.81. The van der Waals surface area contributed by atoms with Crippen molar-refractivity contribution in [2.75, 3.05) is 6.54 Å². The minimum absolute atomic E-state index is 0.0253. The van der Waals surface area contributed by atoms with Gasteiger partial charge in [-0.1, -0.05) is 0 Å². The molecular formula is C18H24N6O2. The molecule has 1 N–H and O–H groups in total. The zero-order valence-corrected chi connectivity index (χ0v) is 15.4. The number of rotatable bonds is 5. The lowest BCUT2D eigenvalue weighted by Crippen LogP contribution is -2.35. The van der Waals surface area contributed by atoms with Crippen LogP contribution in [0.15, 0.2) is 18.6 Å². The van der Waals surface area contributed by atoms with Crippen LogP contribution in [0, 0.1) is 13.8 Å². The average Bonchev–Trinajstić information content (AvgIpc) is 3.22. The molecule has 0 aromatic carbocycles. The van der Waals surface area contributed by atoms with Gasteiger partial charge in [0, 0.05) is 38.0 Å². The van der Waals surface area contributed by atoms with Crippen molar-refractivity contribution in [3.05, 3.63) is 41.2 Å². The summed E-state index contributed by atoms with van der Waals surface area (Å²) in [5, 5.41) is 7.00.